The number of rotatable bonds is 7. The van der Waals surface area contributed by atoms with E-state index in [0.29, 0.717) is 16.3 Å². The molecule has 1 aliphatic carbocycles. The van der Waals surface area contributed by atoms with Gasteiger partial charge in [0.25, 0.3) is 0 Å². The van der Waals surface area contributed by atoms with Crippen molar-refractivity contribution in [2.24, 2.45) is 0 Å². The number of nitrogens with one attached hydrogen (secondary N) is 1. The first-order valence-corrected chi connectivity index (χ1v) is 10.2. The van der Waals surface area contributed by atoms with E-state index in [9.17, 15) is 14.7 Å². The van der Waals surface area contributed by atoms with E-state index >= 15 is 0 Å². The van der Waals surface area contributed by atoms with Gasteiger partial charge in [0.05, 0.1) is 24.8 Å². The maximum atomic E-state index is 13.0. The van der Waals surface area contributed by atoms with Crippen molar-refractivity contribution in [3.05, 3.63) is 69.2 Å². The second kappa shape index (κ2) is 8.62. The number of aliphatic hydroxyl groups excluding tert-OH is 1. The second-order valence-electron chi connectivity index (χ2n) is 8.08. The molecule has 2 N–H and O–H groups in total. The number of ether oxygens (including phenoxy) is 1. The zero-order valence-corrected chi connectivity index (χ0v) is 18.3. The maximum absolute atomic E-state index is 13.0. The minimum Gasteiger partial charge on any atom is -0.495 e. The van der Waals surface area contributed by atoms with Crippen molar-refractivity contribution in [2.45, 2.75) is 38.1 Å². The van der Waals surface area contributed by atoms with E-state index in [0.717, 1.165) is 28.5 Å². The summed E-state index contributed by atoms with van der Waals surface area (Å²) >= 11 is 6.42. The molecule has 1 amide bonds. The van der Waals surface area contributed by atoms with Crippen molar-refractivity contribution in [2.75, 3.05) is 13.7 Å². The Hall–Kier alpha value is -2.63. The van der Waals surface area contributed by atoms with Gasteiger partial charge in [-0.3, -0.25) is 4.79 Å². The number of hydrogen-bond acceptors (Lipinski definition) is 4. The third-order valence-electron chi connectivity index (χ3n) is 5.73. The zero-order valence-electron chi connectivity index (χ0n) is 17.5. The van der Waals surface area contributed by atoms with Crippen molar-refractivity contribution >= 4 is 29.9 Å². The molecule has 0 aromatic heterocycles. The molecule has 30 heavy (non-hydrogen) atoms. The van der Waals surface area contributed by atoms with E-state index < -0.39 is 11.5 Å². The smallest absolute Gasteiger partial charge is 0.248 e. The molecule has 1 unspecified atom stereocenters. The van der Waals surface area contributed by atoms with Gasteiger partial charge in [-0.15, -0.1) is 0 Å². The summed E-state index contributed by atoms with van der Waals surface area (Å²) in [4.78, 5) is 24.3. The van der Waals surface area contributed by atoms with E-state index in [1.807, 2.05) is 51.1 Å². The zero-order chi connectivity index (χ0) is 22.1. The van der Waals surface area contributed by atoms with E-state index in [1.165, 1.54) is 0 Å². The molecular formula is C24H26ClNO4. The SMILES string of the molecule is COc1ccc2c(c1Cl)C=C(C(=O)N[C@H](CO)c1ccc(C(C)(C)C=O)cc1)C2C. The fourth-order valence-corrected chi connectivity index (χ4v) is 3.97. The number of benzene rings is 2. The maximum Gasteiger partial charge on any atom is 0.248 e. The largest absolute Gasteiger partial charge is 0.495 e. The molecule has 0 heterocycles. The predicted octanol–water partition coefficient (Wildman–Crippen LogP) is 4.18. The Balaban J connectivity index is 1.81. The van der Waals surface area contributed by atoms with Gasteiger partial charge >= 0.3 is 0 Å². The van der Waals surface area contributed by atoms with Gasteiger partial charge in [0.15, 0.2) is 0 Å². The fourth-order valence-electron chi connectivity index (χ4n) is 3.67. The number of methoxy groups -OCH3 is 1. The molecule has 0 radical (unpaired) electrons. The van der Waals surface area contributed by atoms with Gasteiger partial charge in [-0.2, -0.15) is 0 Å². The fraction of sp³-hybridized carbons (Fsp3) is 0.333. The monoisotopic (exact) mass is 427 g/mol. The number of hydrogen-bond donors (Lipinski definition) is 2. The molecule has 0 saturated carbocycles. The summed E-state index contributed by atoms with van der Waals surface area (Å²) < 4.78 is 5.27. The third kappa shape index (κ3) is 4.00. The van der Waals surface area contributed by atoms with E-state index in [2.05, 4.69) is 5.32 Å². The molecule has 1 aliphatic rings. The lowest BCUT2D eigenvalue weighted by Gasteiger charge is -2.21. The Labute approximate surface area is 181 Å². The van der Waals surface area contributed by atoms with Crippen LogP contribution in [0.3, 0.4) is 0 Å². The van der Waals surface area contributed by atoms with Crippen LogP contribution in [0.4, 0.5) is 0 Å². The van der Waals surface area contributed by atoms with Crippen LogP contribution in [-0.4, -0.2) is 31.0 Å². The van der Waals surface area contributed by atoms with E-state index in [4.69, 9.17) is 16.3 Å². The second-order valence-corrected chi connectivity index (χ2v) is 8.45. The van der Waals surface area contributed by atoms with Crippen molar-refractivity contribution in [3.63, 3.8) is 0 Å². The molecule has 0 saturated heterocycles. The summed E-state index contributed by atoms with van der Waals surface area (Å²) in [6.45, 7) is 5.38. The van der Waals surface area contributed by atoms with Crippen LogP contribution in [0.2, 0.25) is 5.02 Å². The summed E-state index contributed by atoms with van der Waals surface area (Å²) in [5.74, 6) is 0.177. The van der Waals surface area contributed by atoms with Gasteiger partial charge in [0, 0.05) is 22.5 Å². The molecule has 0 bridgehead atoms. The number of carbonyl (C=O) groups is 2. The predicted molar refractivity (Wildman–Crippen MR) is 118 cm³/mol. The van der Waals surface area contributed by atoms with Crippen molar-refractivity contribution in [1.29, 1.82) is 0 Å². The van der Waals surface area contributed by atoms with Crippen LogP contribution in [0, 0.1) is 0 Å². The molecule has 0 aliphatic heterocycles. The third-order valence-corrected chi connectivity index (χ3v) is 6.12. The normalized spacial score (nSPS) is 16.5. The lowest BCUT2D eigenvalue weighted by molar-refractivity contribution is -0.118. The summed E-state index contributed by atoms with van der Waals surface area (Å²) in [7, 11) is 1.55. The summed E-state index contributed by atoms with van der Waals surface area (Å²) in [6, 6.07) is 10.5. The highest BCUT2D eigenvalue weighted by molar-refractivity contribution is 6.34. The van der Waals surface area contributed by atoms with Gasteiger partial charge in [0.2, 0.25) is 5.91 Å². The Morgan fingerprint density at radius 2 is 1.93 bits per heavy atom. The van der Waals surface area contributed by atoms with Gasteiger partial charge in [-0.05, 0) is 42.7 Å². The van der Waals surface area contributed by atoms with Crippen molar-refractivity contribution in [1.82, 2.24) is 5.32 Å². The van der Waals surface area contributed by atoms with Gasteiger partial charge in [-0.1, -0.05) is 48.9 Å². The molecule has 6 heteroatoms. The number of aliphatic hydroxyl groups is 1. The molecule has 2 aromatic rings. The van der Waals surface area contributed by atoms with Crippen LogP contribution in [0.15, 0.2) is 42.0 Å². The number of halogens is 1. The van der Waals surface area contributed by atoms with E-state index in [-0.39, 0.29) is 18.4 Å². The molecule has 2 aromatic carbocycles. The highest BCUT2D eigenvalue weighted by Gasteiger charge is 2.30. The first-order chi connectivity index (χ1) is 14.2. The molecule has 3 rings (SSSR count). The van der Waals surface area contributed by atoms with Crippen molar-refractivity contribution in [3.8, 4) is 5.75 Å². The highest BCUT2D eigenvalue weighted by atomic mass is 35.5. The molecular weight excluding hydrogens is 402 g/mol. The topological polar surface area (TPSA) is 75.6 Å². The molecule has 0 spiro atoms. The molecule has 158 valence electrons. The molecule has 0 fully saturated rings. The summed E-state index contributed by atoms with van der Waals surface area (Å²) in [6.07, 6.45) is 2.68. The Bertz CT molecular complexity index is 995. The standard InChI is InChI=1S/C24H26ClNO4/c1-14-17-9-10-21(30-4)22(25)19(17)11-18(14)23(29)26-20(12-27)15-5-7-16(8-6-15)24(2,3)13-28/h5-11,13-14,20,27H,12H2,1-4H3,(H,26,29)/t14?,20-/m1/s1. The lowest BCUT2D eigenvalue weighted by Crippen LogP contribution is -2.32. The number of aldehydes is 1. The van der Waals surface area contributed by atoms with Crippen LogP contribution in [0.1, 0.15) is 55.0 Å². The number of fused-ring (bicyclic) bond motifs is 1. The Morgan fingerprint density at radius 3 is 2.50 bits per heavy atom. The average Bonchev–Trinajstić information content (AvgIpc) is 3.09. The molecule has 5 nitrogen and oxygen atoms in total. The number of carbonyl (C=O) groups excluding carboxylic acids is 2. The minimum absolute atomic E-state index is 0.126. The Kier molecular flexibility index (Phi) is 6.34. The highest BCUT2D eigenvalue weighted by Crippen LogP contribution is 2.43. The lowest BCUT2D eigenvalue weighted by atomic mass is 9.85. The summed E-state index contributed by atoms with van der Waals surface area (Å²) in [5.41, 5.74) is 3.38. The number of amides is 1. The van der Waals surface area contributed by atoms with Crippen LogP contribution >= 0.6 is 11.6 Å². The van der Waals surface area contributed by atoms with Gasteiger partial charge in [-0.25, -0.2) is 0 Å². The quantitative estimate of drug-likeness (QED) is 0.650. The average molecular weight is 428 g/mol. The van der Waals surface area contributed by atoms with Crippen LogP contribution in [-0.2, 0) is 15.0 Å². The van der Waals surface area contributed by atoms with Crippen LogP contribution in [0.5, 0.6) is 5.75 Å². The van der Waals surface area contributed by atoms with Gasteiger partial charge < -0.3 is 20.0 Å². The minimum atomic E-state index is -0.591. The first-order valence-electron chi connectivity index (χ1n) is 9.80. The Morgan fingerprint density at radius 1 is 1.27 bits per heavy atom. The van der Waals surface area contributed by atoms with Crippen molar-refractivity contribution < 1.29 is 19.4 Å². The van der Waals surface area contributed by atoms with Crippen LogP contribution < -0.4 is 10.1 Å². The van der Waals surface area contributed by atoms with Crippen LogP contribution in [0.25, 0.3) is 6.08 Å². The molecule has 2 atom stereocenters. The van der Waals surface area contributed by atoms with Gasteiger partial charge in [0.1, 0.15) is 12.0 Å². The van der Waals surface area contributed by atoms with E-state index in [1.54, 1.807) is 19.3 Å². The first kappa shape index (κ1) is 22.1. The summed E-state index contributed by atoms with van der Waals surface area (Å²) in [5, 5.41) is 13.3.